The predicted octanol–water partition coefficient (Wildman–Crippen LogP) is 3.90. The quantitative estimate of drug-likeness (QED) is 0.523. The lowest BCUT2D eigenvalue weighted by molar-refractivity contribution is 0.480. The van der Waals surface area contributed by atoms with E-state index in [4.69, 9.17) is 17.3 Å². The van der Waals surface area contributed by atoms with Crippen LogP contribution in [0.25, 0.3) is 20.8 Å². The molecular weight excluding hydrogens is 268 g/mol. The maximum atomic E-state index is 9.95. The zero-order valence-corrected chi connectivity index (χ0v) is 10.8. The molecule has 5 heteroatoms. The molecule has 3 nitrogen and oxygen atoms in total. The molecule has 2 aromatic carbocycles. The molecule has 0 saturated heterocycles. The SMILES string of the molecule is Nc1cccc(-c2nc3cccc(Cl)c3s2)c1O. The molecule has 0 amide bonds. The van der Waals surface area contributed by atoms with E-state index >= 15 is 0 Å². The van der Waals surface area contributed by atoms with Gasteiger partial charge in [0.1, 0.15) is 10.8 Å². The van der Waals surface area contributed by atoms with Gasteiger partial charge in [-0.15, -0.1) is 11.3 Å². The Balaban J connectivity index is 2.26. The topological polar surface area (TPSA) is 59.1 Å². The van der Waals surface area contributed by atoms with Gasteiger partial charge in [0.2, 0.25) is 0 Å². The van der Waals surface area contributed by atoms with Crippen molar-refractivity contribution in [3.8, 4) is 16.3 Å². The van der Waals surface area contributed by atoms with Crippen molar-refractivity contribution in [2.45, 2.75) is 0 Å². The van der Waals surface area contributed by atoms with Crippen LogP contribution in [0.5, 0.6) is 5.75 Å². The number of aromatic nitrogens is 1. The fourth-order valence-electron chi connectivity index (χ4n) is 1.76. The molecule has 0 aliphatic rings. The Hall–Kier alpha value is -1.78. The number of hydrogen-bond acceptors (Lipinski definition) is 4. The number of para-hydroxylation sites is 1. The second-order valence-electron chi connectivity index (χ2n) is 3.85. The van der Waals surface area contributed by atoms with Gasteiger partial charge < -0.3 is 10.8 Å². The van der Waals surface area contributed by atoms with E-state index in [-0.39, 0.29) is 5.75 Å². The Morgan fingerprint density at radius 2 is 1.94 bits per heavy atom. The van der Waals surface area contributed by atoms with Crippen LogP contribution in [-0.2, 0) is 0 Å². The summed E-state index contributed by atoms with van der Waals surface area (Å²) in [5.41, 5.74) is 7.48. The van der Waals surface area contributed by atoms with Crippen LogP contribution in [0, 0.1) is 0 Å². The highest BCUT2D eigenvalue weighted by molar-refractivity contribution is 7.22. The van der Waals surface area contributed by atoms with Crippen LogP contribution in [-0.4, -0.2) is 10.1 Å². The smallest absolute Gasteiger partial charge is 0.148 e. The minimum Gasteiger partial charge on any atom is -0.505 e. The number of nitrogen functional groups attached to an aromatic ring is 1. The van der Waals surface area contributed by atoms with E-state index in [1.165, 1.54) is 11.3 Å². The summed E-state index contributed by atoms with van der Waals surface area (Å²) >= 11 is 7.55. The molecule has 1 aromatic heterocycles. The molecule has 0 saturated carbocycles. The number of nitrogens with two attached hydrogens (primary N) is 1. The van der Waals surface area contributed by atoms with Gasteiger partial charge in [-0.1, -0.05) is 23.7 Å². The zero-order valence-electron chi connectivity index (χ0n) is 9.22. The van der Waals surface area contributed by atoms with Gasteiger partial charge in [-0.2, -0.15) is 0 Å². The molecule has 3 aromatic rings. The molecule has 3 N–H and O–H groups in total. The Kier molecular flexibility index (Phi) is 2.61. The number of phenols is 1. The van der Waals surface area contributed by atoms with Crippen LogP contribution in [0.1, 0.15) is 0 Å². The predicted molar refractivity (Wildman–Crippen MR) is 76.1 cm³/mol. The molecule has 0 fully saturated rings. The summed E-state index contributed by atoms with van der Waals surface area (Å²) in [5.74, 6) is 0.0627. The Bertz CT molecular complexity index is 739. The van der Waals surface area contributed by atoms with Crippen LogP contribution in [0.15, 0.2) is 36.4 Å². The van der Waals surface area contributed by atoms with Gasteiger partial charge in [-0.3, -0.25) is 0 Å². The van der Waals surface area contributed by atoms with Crippen molar-refractivity contribution < 1.29 is 5.11 Å². The monoisotopic (exact) mass is 276 g/mol. The van der Waals surface area contributed by atoms with Crippen LogP contribution in [0.4, 0.5) is 5.69 Å². The van der Waals surface area contributed by atoms with E-state index in [9.17, 15) is 5.11 Å². The third kappa shape index (κ3) is 1.70. The molecule has 3 rings (SSSR count). The summed E-state index contributed by atoms with van der Waals surface area (Å²) in [7, 11) is 0. The Morgan fingerprint density at radius 3 is 2.72 bits per heavy atom. The molecule has 0 bridgehead atoms. The number of benzene rings is 2. The summed E-state index contributed by atoms with van der Waals surface area (Å²) in [5, 5.41) is 11.3. The molecule has 0 spiro atoms. The number of hydrogen-bond donors (Lipinski definition) is 2. The highest BCUT2D eigenvalue weighted by Crippen LogP contribution is 2.39. The summed E-state index contributed by atoms with van der Waals surface area (Å²) in [6.07, 6.45) is 0. The number of thiazole rings is 1. The number of halogens is 1. The minimum absolute atomic E-state index is 0.0627. The highest BCUT2D eigenvalue weighted by Gasteiger charge is 2.13. The maximum Gasteiger partial charge on any atom is 0.148 e. The van der Waals surface area contributed by atoms with E-state index < -0.39 is 0 Å². The van der Waals surface area contributed by atoms with Gasteiger partial charge in [0, 0.05) is 0 Å². The molecule has 0 unspecified atom stereocenters. The number of rotatable bonds is 1. The molecule has 0 radical (unpaired) electrons. The first-order valence-corrected chi connectivity index (χ1v) is 6.49. The number of aromatic hydroxyl groups is 1. The number of anilines is 1. The molecule has 90 valence electrons. The second kappa shape index (κ2) is 4.15. The van der Waals surface area contributed by atoms with E-state index in [2.05, 4.69) is 4.98 Å². The molecule has 0 aliphatic heterocycles. The first kappa shape index (κ1) is 11.3. The summed E-state index contributed by atoms with van der Waals surface area (Å²) in [6, 6.07) is 10.8. The fraction of sp³-hybridized carbons (Fsp3) is 0. The fourth-order valence-corrected chi connectivity index (χ4v) is 3.05. The van der Waals surface area contributed by atoms with Crippen molar-refractivity contribution in [3.63, 3.8) is 0 Å². The summed E-state index contributed by atoms with van der Waals surface area (Å²) in [4.78, 5) is 4.46. The molecule has 1 heterocycles. The first-order chi connectivity index (χ1) is 8.66. The highest BCUT2D eigenvalue weighted by atomic mass is 35.5. The van der Waals surface area contributed by atoms with E-state index in [1.807, 2.05) is 18.2 Å². The standard InChI is InChI=1S/C13H9ClN2OS/c14-8-4-2-6-10-12(8)18-13(16-10)7-3-1-5-9(15)11(7)17/h1-6,17H,15H2. The van der Waals surface area contributed by atoms with Crippen LogP contribution < -0.4 is 5.73 Å². The van der Waals surface area contributed by atoms with Gasteiger partial charge in [0.25, 0.3) is 0 Å². The lowest BCUT2D eigenvalue weighted by Gasteiger charge is -2.02. The third-order valence-corrected chi connectivity index (χ3v) is 4.23. The Morgan fingerprint density at radius 1 is 1.17 bits per heavy atom. The average Bonchev–Trinajstić information content (AvgIpc) is 2.78. The van der Waals surface area contributed by atoms with Crippen molar-refractivity contribution in [1.82, 2.24) is 4.98 Å². The minimum atomic E-state index is 0.0627. The van der Waals surface area contributed by atoms with Crippen molar-refractivity contribution >= 4 is 38.8 Å². The molecule has 18 heavy (non-hydrogen) atoms. The van der Waals surface area contributed by atoms with Crippen LogP contribution in [0.3, 0.4) is 0 Å². The van der Waals surface area contributed by atoms with Crippen LogP contribution >= 0.6 is 22.9 Å². The van der Waals surface area contributed by atoms with E-state index in [0.29, 0.717) is 21.3 Å². The molecule has 0 aliphatic carbocycles. The number of phenolic OH excluding ortho intramolecular Hbond substituents is 1. The molecular formula is C13H9ClN2OS. The lowest BCUT2D eigenvalue weighted by atomic mass is 10.2. The molecule has 0 atom stereocenters. The number of nitrogens with zero attached hydrogens (tertiary/aromatic N) is 1. The van der Waals surface area contributed by atoms with Gasteiger partial charge in [0.05, 0.1) is 26.5 Å². The van der Waals surface area contributed by atoms with Gasteiger partial charge >= 0.3 is 0 Å². The van der Waals surface area contributed by atoms with Crippen molar-refractivity contribution in [2.24, 2.45) is 0 Å². The van der Waals surface area contributed by atoms with Gasteiger partial charge in [0.15, 0.2) is 0 Å². The lowest BCUT2D eigenvalue weighted by Crippen LogP contribution is -1.87. The van der Waals surface area contributed by atoms with Gasteiger partial charge in [-0.25, -0.2) is 4.98 Å². The normalized spacial score (nSPS) is 10.9. The van der Waals surface area contributed by atoms with Crippen molar-refractivity contribution in [3.05, 3.63) is 41.4 Å². The van der Waals surface area contributed by atoms with Crippen molar-refractivity contribution in [2.75, 3.05) is 5.73 Å². The van der Waals surface area contributed by atoms with E-state index in [1.54, 1.807) is 18.2 Å². The summed E-state index contributed by atoms with van der Waals surface area (Å²) in [6.45, 7) is 0. The third-order valence-electron chi connectivity index (χ3n) is 2.66. The number of fused-ring (bicyclic) bond motifs is 1. The first-order valence-electron chi connectivity index (χ1n) is 5.29. The summed E-state index contributed by atoms with van der Waals surface area (Å²) < 4.78 is 0.913. The second-order valence-corrected chi connectivity index (χ2v) is 5.26. The van der Waals surface area contributed by atoms with Gasteiger partial charge in [-0.05, 0) is 24.3 Å². The Labute approximate surface area is 112 Å². The largest absolute Gasteiger partial charge is 0.505 e. The van der Waals surface area contributed by atoms with E-state index in [0.717, 1.165) is 10.2 Å². The van der Waals surface area contributed by atoms with Crippen molar-refractivity contribution in [1.29, 1.82) is 0 Å². The maximum absolute atomic E-state index is 9.95. The zero-order chi connectivity index (χ0) is 12.7. The average molecular weight is 277 g/mol. The van der Waals surface area contributed by atoms with Crippen LogP contribution in [0.2, 0.25) is 5.02 Å².